The zero-order valence-corrected chi connectivity index (χ0v) is 24.9. The maximum absolute atomic E-state index is 12.7. The Morgan fingerprint density at radius 3 is 1.94 bits per heavy atom. The molecular formula is C20H15CrN4Na2O7S. The van der Waals surface area contributed by atoms with Gasteiger partial charge >= 0.3 is 76.5 Å². The fourth-order valence-corrected chi connectivity index (χ4v) is 3.77. The SMILES string of the molecule is Cc1nn(-c2ccccc2)c([O-])c1N=Nc1c([O-])cc(S(=O)(=O)[O-])c2ccccc12.[Cr+3].[Na+].[Na+].[OH-].[OH-]. The predicted octanol–water partition coefficient (Wildman–Crippen LogP) is -3.55. The van der Waals surface area contributed by atoms with Crippen LogP contribution in [0, 0.1) is 6.92 Å². The van der Waals surface area contributed by atoms with Crippen LogP contribution in [-0.2, 0) is 27.5 Å². The van der Waals surface area contributed by atoms with Crippen LogP contribution >= 0.6 is 0 Å². The molecule has 2 N–H and O–H groups in total. The third kappa shape index (κ3) is 7.36. The third-order valence-corrected chi connectivity index (χ3v) is 5.33. The molecular weight excluding hydrogens is 538 g/mol. The number of benzene rings is 3. The smallest absolute Gasteiger partial charge is 0.871 e. The average Bonchev–Trinajstić information content (AvgIpc) is 3.00. The summed E-state index contributed by atoms with van der Waals surface area (Å²) in [5.74, 6) is -1.31. The molecule has 1 radical (unpaired) electrons. The number of hydrogen-bond acceptors (Lipinski definition) is 10. The van der Waals surface area contributed by atoms with Crippen molar-refractivity contribution in [2.45, 2.75) is 11.8 Å². The van der Waals surface area contributed by atoms with Crippen molar-refractivity contribution in [1.82, 2.24) is 9.78 Å². The molecule has 0 unspecified atom stereocenters. The van der Waals surface area contributed by atoms with Crippen molar-refractivity contribution in [2.75, 3.05) is 0 Å². The molecule has 0 atom stereocenters. The van der Waals surface area contributed by atoms with E-state index in [1.54, 1.807) is 43.3 Å². The van der Waals surface area contributed by atoms with Crippen LogP contribution in [0.25, 0.3) is 16.5 Å². The van der Waals surface area contributed by atoms with Gasteiger partial charge in [-0.25, -0.2) is 13.1 Å². The van der Waals surface area contributed by atoms with Gasteiger partial charge in [0, 0.05) is 16.7 Å². The molecule has 1 heterocycles. The summed E-state index contributed by atoms with van der Waals surface area (Å²) in [6, 6.07) is 15.4. The van der Waals surface area contributed by atoms with Gasteiger partial charge < -0.3 is 25.7 Å². The summed E-state index contributed by atoms with van der Waals surface area (Å²) >= 11 is 0. The molecule has 0 aliphatic carbocycles. The molecule has 0 spiro atoms. The van der Waals surface area contributed by atoms with Crippen LogP contribution in [0.5, 0.6) is 11.6 Å². The van der Waals surface area contributed by atoms with Crippen molar-refractivity contribution in [2.24, 2.45) is 10.2 Å². The molecule has 0 aliphatic rings. The minimum Gasteiger partial charge on any atom is -0.871 e. The molecule has 1 aromatic heterocycles. The first-order valence-corrected chi connectivity index (χ1v) is 10.1. The third-order valence-electron chi connectivity index (χ3n) is 4.45. The summed E-state index contributed by atoms with van der Waals surface area (Å²) in [6.07, 6.45) is 0. The van der Waals surface area contributed by atoms with Gasteiger partial charge in [0.2, 0.25) is 0 Å². The molecule has 3 aromatic carbocycles. The Balaban J connectivity index is 0. The van der Waals surface area contributed by atoms with E-state index in [4.69, 9.17) is 0 Å². The molecule has 0 aliphatic heterocycles. The standard InChI is InChI=1S/C20H16N4O5S.Cr.2Na.2H2O/c1-12-18(20(26)24(23-12)13-7-3-2-4-8-13)21-22-19-15-10-6-5-9-14(15)17(11-16(19)25)30(27,28)29;;;;;/h2-11,25-26H,1H3,(H,27,28,29);;;;2*1H2/q;+3;2*+1;;/p-5. The van der Waals surface area contributed by atoms with E-state index in [1.165, 1.54) is 22.9 Å². The van der Waals surface area contributed by atoms with E-state index >= 15 is 0 Å². The fourth-order valence-electron chi connectivity index (χ4n) is 3.07. The first kappa shape index (κ1) is 35.9. The first-order valence-electron chi connectivity index (χ1n) is 8.70. The van der Waals surface area contributed by atoms with E-state index in [2.05, 4.69) is 15.3 Å². The minimum atomic E-state index is -4.86. The number of hydrogen-bond donors (Lipinski definition) is 0. The average molecular weight is 553 g/mol. The number of para-hydroxylation sites is 1. The Bertz CT molecular complexity index is 1420. The Hall–Kier alpha value is -1.31. The van der Waals surface area contributed by atoms with Crippen LogP contribution in [-0.4, -0.2) is 33.7 Å². The monoisotopic (exact) mass is 553 g/mol. The Labute approximate surface area is 256 Å². The minimum absolute atomic E-state index is 0. The summed E-state index contributed by atoms with van der Waals surface area (Å²) in [4.78, 5) is -0.625. The van der Waals surface area contributed by atoms with Gasteiger partial charge in [0.25, 0.3) is 0 Å². The molecule has 4 rings (SSSR count). The summed E-state index contributed by atoms with van der Waals surface area (Å²) in [6.45, 7) is 1.58. The van der Waals surface area contributed by atoms with E-state index in [0.29, 0.717) is 11.4 Å². The van der Waals surface area contributed by atoms with Crippen molar-refractivity contribution in [1.29, 1.82) is 0 Å². The van der Waals surface area contributed by atoms with Crippen molar-refractivity contribution < 1.29 is 111 Å². The molecule has 171 valence electrons. The van der Waals surface area contributed by atoms with Gasteiger partial charge in [0.1, 0.15) is 15.8 Å². The van der Waals surface area contributed by atoms with Gasteiger partial charge in [-0.1, -0.05) is 48.2 Å². The molecule has 0 saturated carbocycles. The fraction of sp³-hybridized carbons (Fsp3) is 0.0500. The second-order valence-electron chi connectivity index (χ2n) is 6.41. The molecule has 0 saturated heterocycles. The van der Waals surface area contributed by atoms with E-state index in [0.717, 1.165) is 6.07 Å². The van der Waals surface area contributed by atoms with Crippen LogP contribution in [0.2, 0.25) is 0 Å². The summed E-state index contributed by atoms with van der Waals surface area (Å²) in [7, 11) is -4.86. The van der Waals surface area contributed by atoms with Gasteiger partial charge in [-0.15, -0.1) is 5.11 Å². The van der Waals surface area contributed by atoms with Crippen LogP contribution in [0.3, 0.4) is 0 Å². The summed E-state index contributed by atoms with van der Waals surface area (Å²) in [5, 5.41) is 37.4. The van der Waals surface area contributed by atoms with E-state index < -0.39 is 26.6 Å². The molecule has 11 nitrogen and oxygen atoms in total. The molecule has 0 amide bonds. The zero-order valence-electron chi connectivity index (χ0n) is 18.8. The largest absolute Gasteiger partial charge is 3.00 e. The Morgan fingerprint density at radius 1 is 0.857 bits per heavy atom. The quantitative estimate of drug-likeness (QED) is 0.140. The molecule has 0 fully saturated rings. The van der Waals surface area contributed by atoms with E-state index in [9.17, 15) is 23.2 Å². The van der Waals surface area contributed by atoms with E-state index in [1.807, 2.05) is 0 Å². The van der Waals surface area contributed by atoms with Gasteiger partial charge in [-0.3, -0.25) is 0 Å². The normalized spacial score (nSPS) is 10.3. The predicted molar refractivity (Wildman–Crippen MR) is 107 cm³/mol. The molecule has 15 heteroatoms. The van der Waals surface area contributed by atoms with Crippen molar-refractivity contribution >= 4 is 32.3 Å². The van der Waals surface area contributed by atoms with Crippen molar-refractivity contribution in [3.05, 3.63) is 66.4 Å². The Morgan fingerprint density at radius 2 is 1.37 bits per heavy atom. The van der Waals surface area contributed by atoms with Crippen LogP contribution in [0.15, 0.2) is 75.8 Å². The number of azo groups is 1. The number of aryl methyl sites for hydroxylation is 1. The van der Waals surface area contributed by atoms with Gasteiger partial charge in [-0.2, -0.15) is 10.2 Å². The van der Waals surface area contributed by atoms with Crippen molar-refractivity contribution in [3.63, 3.8) is 0 Å². The topological polar surface area (TPSA) is 206 Å². The maximum atomic E-state index is 12.7. The zero-order chi connectivity index (χ0) is 21.5. The number of fused-ring (bicyclic) bond motifs is 1. The molecule has 35 heavy (non-hydrogen) atoms. The number of nitrogens with zero attached hydrogens (tertiary/aromatic N) is 4. The maximum Gasteiger partial charge on any atom is 3.00 e. The van der Waals surface area contributed by atoms with Gasteiger partial charge in [0.05, 0.1) is 22.0 Å². The Kier molecular flexibility index (Phi) is 14.8. The molecule has 4 aromatic rings. The second kappa shape index (κ2) is 14.4. The van der Waals surface area contributed by atoms with Crippen LogP contribution in [0.1, 0.15) is 5.69 Å². The number of aromatic nitrogens is 2. The van der Waals surface area contributed by atoms with Crippen molar-refractivity contribution in [3.8, 4) is 17.3 Å². The van der Waals surface area contributed by atoms with Gasteiger partial charge in [0.15, 0.2) is 0 Å². The molecule has 0 bridgehead atoms. The number of rotatable bonds is 4. The van der Waals surface area contributed by atoms with Crippen LogP contribution < -0.4 is 69.3 Å². The van der Waals surface area contributed by atoms with E-state index in [-0.39, 0.29) is 110 Å². The van der Waals surface area contributed by atoms with Gasteiger partial charge in [-0.05, 0) is 25.1 Å². The second-order valence-corrected chi connectivity index (χ2v) is 7.76. The first-order chi connectivity index (χ1) is 14.3. The summed E-state index contributed by atoms with van der Waals surface area (Å²) < 4.78 is 35.7. The van der Waals surface area contributed by atoms with Crippen LogP contribution in [0.4, 0.5) is 11.4 Å². The summed E-state index contributed by atoms with van der Waals surface area (Å²) in [5.41, 5.74) is 0.627.